The lowest BCUT2D eigenvalue weighted by atomic mass is 10.1. The van der Waals surface area contributed by atoms with Crippen molar-refractivity contribution >= 4 is 31.9 Å². The number of hydrogen-bond acceptors (Lipinski definition) is 4. The van der Waals surface area contributed by atoms with Crippen LogP contribution in [0, 0.1) is 0 Å². The summed E-state index contributed by atoms with van der Waals surface area (Å²) in [5, 5.41) is 10.4. The molecular formula is C21H28Br2N4. The molecule has 2 saturated heterocycles. The van der Waals surface area contributed by atoms with E-state index in [0.29, 0.717) is 12.1 Å². The smallest absolute Gasteiger partial charge is 0.0449 e. The molecule has 2 aromatic rings. The van der Waals surface area contributed by atoms with Crippen molar-refractivity contribution in [1.82, 2.24) is 20.9 Å². The van der Waals surface area contributed by atoms with Gasteiger partial charge in [-0.05, 0) is 42.4 Å². The van der Waals surface area contributed by atoms with Crippen LogP contribution in [-0.4, -0.2) is 51.2 Å². The van der Waals surface area contributed by atoms with Gasteiger partial charge in [-0.15, -0.1) is 0 Å². The predicted molar refractivity (Wildman–Crippen MR) is 120 cm³/mol. The van der Waals surface area contributed by atoms with Gasteiger partial charge in [0.15, 0.2) is 0 Å². The summed E-state index contributed by atoms with van der Waals surface area (Å²) in [6.45, 7) is 6.49. The molecule has 2 unspecified atom stereocenters. The Kier molecular flexibility index (Phi) is 8.30. The number of benzene rings is 2. The molecule has 4 rings (SSSR count). The van der Waals surface area contributed by atoms with Crippen LogP contribution in [0.1, 0.15) is 23.2 Å². The monoisotopic (exact) mass is 494 g/mol. The summed E-state index contributed by atoms with van der Waals surface area (Å²) in [4.78, 5) is 2.36. The van der Waals surface area contributed by atoms with E-state index >= 15 is 0 Å². The third-order valence-electron chi connectivity index (χ3n) is 4.96. The summed E-state index contributed by atoms with van der Waals surface area (Å²) in [7, 11) is 2.17. The zero-order valence-electron chi connectivity index (χ0n) is 15.7. The van der Waals surface area contributed by atoms with Crippen LogP contribution in [0.3, 0.4) is 0 Å². The van der Waals surface area contributed by atoms with E-state index in [-0.39, 0.29) is 0 Å². The van der Waals surface area contributed by atoms with Crippen LogP contribution in [0.5, 0.6) is 0 Å². The van der Waals surface area contributed by atoms with E-state index in [4.69, 9.17) is 0 Å². The standard InChI is InChI=1S/C11H15BrN2.C10H13BrN2/c1-14-7-6-13-11(8-14)9-2-4-10(12)5-3-9;11-9-3-1-8(2-4-9)10-7-12-5-6-13-10/h2-5,11,13H,6-8H2,1H3;1-4,10,12-13H,5-7H2. The second kappa shape index (κ2) is 10.7. The second-order valence-corrected chi connectivity index (χ2v) is 8.91. The van der Waals surface area contributed by atoms with Crippen LogP contribution in [0.4, 0.5) is 0 Å². The Morgan fingerprint density at radius 2 is 1.33 bits per heavy atom. The minimum absolute atomic E-state index is 0.474. The third kappa shape index (κ3) is 6.66. The molecule has 3 N–H and O–H groups in total. The number of rotatable bonds is 2. The van der Waals surface area contributed by atoms with Crippen molar-refractivity contribution in [3.05, 3.63) is 68.6 Å². The largest absolute Gasteiger partial charge is 0.314 e. The number of hydrogen-bond donors (Lipinski definition) is 3. The maximum absolute atomic E-state index is 3.53. The van der Waals surface area contributed by atoms with Crippen molar-refractivity contribution < 1.29 is 0 Å². The molecule has 6 heteroatoms. The average molecular weight is 496 g/mol. The molecule has 2 aliphatic rings. The number of halogens is 2. The number of piperazine rings is 2. The number of nitrogens with one attached hydrogen (secondary N) is 3. The first-order valence-electron chi connectivity index (χ1n) is 9.49. The lowest BCUT2D eigenvalue weighted by Crippen LogP contribution is -2.43. The Morgan fingerprint density at radius 1 is 0.778 bits per heavy atom. The molecule has 0 amide bonds. The number of nitrogens with zero attached hydrogens (tertiary/aromatic N) is 1. The quantitative estimate of drug-likeness (QED) is 0.593. The number of likely N-dealkylation sites (N-methyl/N-ethyl adjacent to an activating group) is 1. The van der Waals surface area contributed by atoms with Crippen LogP contribution in [0.25, 0.3) is 0 Å². The third-order valence-corrected chi connectivity index (χ3v) is 6.02. The van der Waals surface area contributed by atoms with Gasteiger partial charge in [0.1, 0.15) is 0 Å². The molecule has 0 bridgehead atoms. The van der Waals surface area contributed by atoms with Crippen molar-refractivity contribution in [2.24, 2.45) is 0 Å². The second-order valence-electron chi connectivity index (χ2n) is 7.08. The van der Waals surface area contributed by atoms with Crippen LogP contribution in [0.2, 0.25) is 0 Å². The fourth-order valence-electron chi connectivity index (χ4n) is 3.40. The van der Waals surface area contributed by atoms with Gasteiger partial charge >= 0.3 is 0 Å². The molecule has 2 fully saturated rings. The average Bonchev–Trinajstić information content (AvgIpc) is 2.70. The van der Waals surface area contributed by atoms with Crippen molar-refractivity contribution in [3.8, 4) is 0 Å². The maximum atomic E-state index is 3.53. The summed E-state index contributed by atoms with van der Waals surface area (Å²) >= 11 is 6.88. The highest BCUT2D eigenvalue weighted by molar-refractivity contribution is 9.10. The summed E-state index contributed by atoms with van der Waals surface area (Å²) in [6.07, 6.45) is 0. The SMILES string of the molecule is Brc1ccc(C2CNCCN2)cc1.CN1CCNC(c2ccc(Br)cc2)C1. The fraction of sp³-hybridized carbons (Fsp3) is 0.429. The van der Waals surface area contributed by atoms with Crippen LogP contribution < -0.4 is 16.0 Å². The van der Waals surface area contributed by atoms with E-state index in [0.717, 1.165) is 48.2 Å². The van der Waals surface area contributed by atoms with Gasteiger partial charge in [0.25, 0.3) is 0 Å². The molecule has 2 heterocycles. The first-order chi connectivity index (χ1) is 13.1. The zero-order chi connectivity index (χ0) is 19.1. The summed E-state index contributed by atoms with van der Waals surface area (Å²) in [5.74, 6) is 0. The molecule has 0 saturated carbocycles. The molecule has 4 nitrogen and oxygen atoms in total. The highest BCUT2D eigenvalue weighted by Crippen LogP contribution is 2.19. The van der Waals surface area contributed by atoms with E-state index in [1.165, 1.54) is 11.1 Å². The lowest BCUT2D eigenvalue weighted by molar-refractivity contribution is 0.241. The minimum atomic E-state index is 0.474. The van der Waals surface area contributed by atoms with Gasteiger partial charge in [-0.2, -0.15) is 0 Å². The maximum Gasteiger partial charge on any atom is 0.0449 e. The van der Waals surface area contributed by atoms with Gasteiger partial charge in [0, 0.05) is 60.3 Å². The van der Waals surface area contributed by atoms with Crippen LogP contribution >= 0.6 is 31.9 Å². The van der Waals surface area contributed by atoms with Gasteiger partial charge in [-0.25, -0.2) is 0 Å². The Morgan fingerprint density at radius 3 is 1.85 bits per heavy atom. The van der Waals surface area contributed by atoms with Crippen molar-refractivity contribution in [2.75, 3.05) is 46.3 Å². The van der Waals surface area contributed by atoms with Gasteiger partial charge in [0.05, 0.1) is 0 Å². The first kappa shape index (κ1) is 21.0. The zero-order valence-corrected chi connectivity index (χ0v) is 18.9. The molecule has 0 aromatic heterocycles. The van der Waals surface area contributed by atoms with E-state index in [1.807, 2.05) is 0 Å². The van der Waals surface area contributed by atoms with Gasteiger partial charge < -0.3 is 20.9 Å². The molecule has 0 spiro atoms. The summed E-state index contributed by atoms with van der Waals surface area (Å²) in [6, 6.07) is 18.0. The van der Waals surface area contributed by atoms with Crippen LogP contribution in [0.15, 0.2) is 57.5 Å². The Hall–Kier alpha value is -0.760. The Bertz CT molecular complexity index is 684. The molecule has 2 atom stereocenters. The minimum Gasteiger partial charge on any atom is -0.314 e. The first-order valence-corrected chi connectivity index (χ1v) is 11.1. The molecular weight excluding hydrogens is 468 g/mol. The fourth-order valence-corrected chi connectivity index (χ4v) is 3.93. The van der Waals surface area contributed by atoms with E-state index < -0.39 is 0 Å². The van der Waals surface area contributed by atoms with E-state index in [1.54, 1.807) is 0 Å². The Labute approximate surface area is 179 Å². The van der Waals surface area contributed by atoms with Gasteiger partial charge in [-0.1, -0.05) is 56.1 Å². The van der Waals surface area contributed by atoms with Crippen molar-refractivity contribution in [3.63, 3.8) is 0 Å². The molecule has 2 aliphatic heterocycles. The molecule has 0 aliphatic carbocycles. The topological polar surface area (TPSA) is 39.3 Å². The van der Waals surface area contributed by atoms with E-state index in [9.17, 15) is 0 Å². The Balaban J connectivity index is 0.000000156. The molecule has 146 valence electrons. The molecule has 27 heavy (non-hydrogen) atoms. The van der Waals surface area contributed by atoms with E-state index in [2.05, 4.69) is 108 Å². The van der Waals surface area contributed by atoms with Crippen molar-refractivity contribution in [1.29, 1.82) is 0 Å². The molecule has 2 aromatic carbocycles. The lowest BCUT2D eigenvalue weighted by Gasteiger charge is -2.31. The summed E-state index contributed by atoms with van der Waals surface area (Å²) < 4.78 is 2.28. The molecule has 0 radical (unpaired) electrons. The van der Waals surface area contributed by atoms with Gasteiger partial charge in [0.2, 0.25) is 0 Å². The normalized spacial score (nSPS) is 23.4. The predicted octanol–water partition coefficient (Wildman–Crippen LogP) is 3.71. The highest BCUT2D eigenvalue weighted by atomic mass is 79.9. The van der Waals surface area contributed by atoms with Crippen LogP contribution in [-0.2, 0) is 0 Å². The highest BCUT2D eigenvalue weighted by Gasteiger charge is 2.17. The summed E-state index contributed by atoms with van der Waals surface area (Å²) in [5.41, 5.74) is 2.73. The van der Waals surface area contributed by atoms with Crippen molar-refractivity contribution in [2.45, 2.75) is 12.1 Å². The van der Waals surface area contributed by atoms with Gasteiger partial charge in [-0.3, -0.25) is 0 Å².